The number of amides is 1. The number of benzene rings is 2. The van der Waals surface area contributed by atoms with Gasteiger partial charge in [-0.15, -0.1) is 0 Å². The summed E-state index contributed by atoms with van der Waals surface area (Å²) in [6, 6.07) is 11.7. The summed E-state index contributed by atoms with van der Waals surface area (Å²) < 4.78 is 55.5. The first kappa shape index (κ1) is 21.2. The fraction of sp³-hybridized carbons (Fsp3) is 0.0870. The number of carbonyl (C=O) groups excluding carboxylic acids is 2. The van der Waals surface area contributed by atoms with E-state index in [2.05, 4.69) is 10.3 Å². The average molecular weight is 441 g/mol. The number of rotatable bonds is 3. The molecule has 0 bridgehead atoms. The number of pyridine rings is 1. The van der Waals surface area contributed by atoms with E-state index in [1.54, 1.807) is 24.3 Å². The van der Waals surface area contributed by atoms with Crippen LogP contribution in [0.1, 0.15) is 32.0 Å². The quantitative estimate of drug-likeness (QED) is 0.431. The molecular formula is C23H15F4N3O2. The third-order valence-electron chi connectivity index (χ3n) is 4.90. The van der Waals surface area contributed by atoms with Crippen LogP contribution in [-0.2, 0) is 6.18 Å². The molecule has 0 radical (unpaired) electrons. The number of fused-ring (bicyclic) bond motifs is 1. The van der Waals surface area contributed by atoms with Gasteiger partial charge in [-0.1, -0.05) is 6.07 Å². The van der Waals surface area contributed by atoms with Crippen LogP contribution in [0.2, 0.25) is 0 Å². The Morgan fingerprint density at radius 3 is 2.50 bits per heavy atom. The van der Waals surface area contributed by atoms with E-state index < -0.39 is 34.9 Å². The van der Waals surface area contributed by atoms with Crippen molar-refractivity contribution in [2.24, 2.45) is 0 Å². The second kappa shape index (κ2) is 7.92. The summed E-state index contributed by atoms with van der Waals surface area (Å²) in [6.45, 7) is 1.53. The number of aromatic nitrogens is 2. The van der Waals surface area contributed by atoms with Gasteiger partial charge in [0, 0.05) is 29.2 Å². The second-order valence-electron chi connectivity index (χ2n) is 7.06. The van der Waals surface area contributed by atoms with Crippen molar-refractivity contribution in [1.29, 1.82) is 0 Å². The minimum atomic E-state index is -4.90. The van der Waals surface area contributed by atoms with Gasteiger partial charge in [0.2, 0.25) is 0 Å². The predicted octanol–water partition coefficient (Wildman–Crippen LogP) is 5.44. The summed E-state index contributed by atoms with van der Waals surface area (Å²) in [6.07, 6.45) is -1.96. The molecule has 0 fully saturated rings. The summed E-state index contributed by atoms with van der Waals surface area (Å²) in [5.41, 5.74) is -1.03. The molecule has 9 heteroatoms. The first-order valence-corrected chi connectivity index (χ1v) is 9.40. The predicted molar refractivity (Wildman–Crippen MR) is 110 cm³/mol. The van der Waals surface area contributed by atoms with Gasteiger partial charge in [0.05, 0.1) is 22.2 Å². The van der Waals surface area contributed by atoms with E-state index in [4.69, 9.17) is 0 Å². The van der Waals surface area contributed by atoms with Crippen molar-refractivity contribution in [3.8, 4) is 0 Å². The van der Waals surface area contributed by atoms with Crippen LogP contribution in [0.15, 0.2) is 67.0 Å². The minimum Gasteiger partial charge on any atom is -0.322 e. The fourth-order valence-corrected chi connectivity index (χ4v) is 3.49. The second-order valence-corrected chi connectivity index (χ2v) is 7.06. The van der Waals surface area contributed by atoms with Crippen LogP contribution in [0, 0.1) is 12.7 Å². The zero-order chi connectivity index (χ0) is 23.0. The summed E-state index contributed by atoms with van der Waals surface area (Å²) in [5.74, 6) is -2.78. The molecular weight excluding hydrogens is 426 g/mol. The zero-order valence-electron chi connectivity index (χ0n) is 16.6. The lowest BCUT2D eigenvalue weighted by molar-refractivity contribution is -0.138. The van der Waals surface area contributed by atoms with E-state index in [9.17, 15) is 27.2 Å². The standard InChI is InChI=1S/C23H15F4N3O2/c1-13-10-15-11-16(29-21(31)14-4-3-9-28-12-14)7-8-19(15)30(13)22(32)20-17(23(25,26)27)5-2-6-18(20)24/h2-12H,1H3,(H,29,31). The van der Waals surface area contributed by atoms with Gasteiger partial charge in [-0.05, 0) is 55.5 Å². The highest BCUT2D eigenvalue weighted by Crippen LogP contribution is 2.34. The summed E-state index contributed by atoms with van der Waals surface area (Å²) in [5, 5.41) is 3.19. The fourth-order valence-electron chi connectivity index (χ4n) is 3.49. The number of hydrogen-bond acceptors (Lipinski definition) is 3. The van der Waals surface area contributed by atoms with E-state index in [0.29, 0.717) is 28.4 Å². The minimum absolute atomic E-state index is 0.281. The van der Waals surface area contributed by atoms with Gasteiger partial charge in [-0.25, -0.2) is 4.39 Å². The van der Waals surface area contributed by atoms with Gasteiger partial charge in [0.1, 0.15) is 5.82 Å². The highest BCUT2D eigenvalue weighted by Gasteiger charge is 2.37. The number of nitrogens with zero attached hydrogens (tertiary/aromatic N) is 2. The molecule has 4 aromatic rings. The molecule has 0 unspecified atom stereocenters. The number of nitrogens with one attached hydrogen (secondary N) is 1. The number of halogens is 4. The lowest BCUT2D eigenvalue weighted by Crippen LogP contribution is -2.21. The highest BCUT2D eigenvalue weighted by atomic mass is 19.4. The smallest absolute Gasteiger partial charge is 0.322 e. The Morgan fingerprint density at radius 1 is 1.03 bits per heavy atom. The number of hydrogen-bond donors (Lipinski definition) is 1. The molecule has 4 rings (SSSR count). The molecule has 0 aliphatic carbocycles. The molecule has 0 atom stereocenters. The maximum atomic E-state index is 14.3. The van der Waals surface area contributed by atoms with Crippen molar-refractivity contribution in [3.05, 3.63) is 95.2 Å². The van der Waals surface area contributed by atoms with Gasteiger partial charge in [-0.2, -0.15) is 13.2 Å². The molecule has 2 aromatic heterocycles. The largest absolute Gasteiger partial charge is 0.417 e. The Kier molecular flexibility index (Phi) is 5.25. The summed E-state index contributed by atoms with van der Waals surface area (Å²) in [7, 11) is 0. The first-order valence-electron chi connectivity index (χ1n) is 9.40. The van der Waals surface area contributed by atoms with Gasteiger partial charge >= 0.3 is 6.18 Å². The molecule has 1 amide bonds. The summed E-state index contributed by atoms with van der Waals surface area (Å²) in [4.78, 5) is 29.2. The Bertz CT molecular complexity index is 1340. The Morgan fingerprint density at radius 2 is 1.81 bits per heavy atom. The van der Waals surface area contributed by atoms with E-state index in [1.165, 1.54) is 31.5 Å². The van der Waals surface area contributed by atoms with Crippen LogP contribution in [0.5, 0.6) is 0 Å². The van der Waals surface area contributed by atoms with Gasteiger partial charge < -0.3 is 5.32 Å². The molecule has 0 aliphatic rings. The topological polar surface area (TPSA) is 64.0 Å². The highest BCUT2D eigenvalue weighted by molar-refractivity contribution is 6.07. The van der Waals surface area contributed by atoms with Crippen molar-refractivity contribution in [2.75, 3.05) is 5.32 Å². The van der Waals surface area contributed by atoms with Crippen molar-refractivity contribution < 1.29 is 27.2 Å². The molecule has 2 heterocycles. The van der Waals surface area contributed by atoms with Crippen molar-refractivity contribution >= 4 is 28.4 Å². The maximum Gasteiger partial charge on any atom is 0.417 e. The Hall–Kier alpha value is -4.01. The van der Waals surface area contributed by atoms with Crippen molar-refractivity contribution in [2.45, 2.75) is 13.1 Å². The number of aryl methyl sites for hydroxylation is 1. The first-order chi connectivity index (χ1) is 15.2. The van der Waals surface area contributed by atoms with E-state index >= 15 is 0 Å². The van der Waals surface area contributed by atoms with Crippen LogP contribution in [0.4, 0.5) is 23.2 Å². The lowest BCUT2D eigenvalue weighted by atomic mass is 10.1. The third-order valence-corrected chi connectivity index (χ3v) is 4.90. The van der Waals surface area contributed by atoms with Crippen molar-refractivity contribution in [3.63, 3.8) is 0 Å². The zero-order valence-corrected chi connectivity index (χ0v) is 16.6. The molecule has 5 nitrogen and oxygen atoms in total. The van der Waals surface area contributed by atoms with Crippen LogP contribution in [0.25, 0.3) is 10.9 Å². The van der Waals surface area contributed by atoms with E-state index in [-0.39, 0.29) is 5.52 Å². The molecule has 0 aliphatic heterocycles. The number of carbonyl (C=O) groups is 2. The van der Waals surface area contributed by atoms with Gasteiger partial charge in [0.15, 0.2) is 0 Å². The van der Waals surface area contributed by atoms with Gasteiger partial charge in [-0.3, -0.25) is 19.1 Å². The van der Waals surface area contributed by atoms with E-state index in [0.717, 1.165) is 16.7 Å². The molecule has 0 saturated heterocycles. The monoisotopic (exact) mass is 441 g/mol. The molecule has 162 valence electrons. The van der Waals surface area contributed by atoms with Crippen LogP contribution >= 0.6 is 0 Å². The maximum absolute atomic E-state index is 14.3. The van der Waals surface area contributed by atoms with Crippen molar-refractivity contribution in [1.82, 2.24) is 9.55 Å². The van der Waals surface area contributed by atoms with E-state index in [1.807, 2.05) is 0 Å². The molecule has 1 N–H and O–H groups in total. The average Bonchev–Trinajstić information content (AvgIpc) is 3.08. The molecule has 32 heavy (non-hydrogen) atoms. The number of alkyl halides is 3. The van der Waals surface area contributed by atoms with Crippen LogP contribution in [-0.4, -0.2) is 21.4 Å². The molecule has 2 aromatic carbocycles. The number of anilines is 1. The lowest BCUT2D eigenvalue weighted by Gasteiger charge is -2.14. The normalized spacial score (nSPS) is 11.5. The SMILES string of the molecule is Cc1cc2cc(NC(=O)c3cccnc3)ccc2n1C(=O)c1c(F)cccc1C(F)(F)F. The van der Waals surface area contributed by atoms with Crippen LogP contribution < -0.4 is 5.32 Å². The molecule has 0 spiro atoms. The van der Waals surface area contributed by atoms with Gasteiger partial charge in [0.25, 0.3) is 11.8 Å². The summed E-state index contributed by atoms with van der Waals surface area (Å²) >= 11 is 0. The third kappa shape index (κ3) is 3.84. The Balaban J connectivity index is 1.74. The molecule has 0 saturated carbocycles. The van der Waals surface area contributed by atoms with Crippen LogP contribution in [0.3, 0.4) is 0 Å². The Labute approximate surface area is 179 Å².